The number of nitrogens with one attached hydrogen (secondary N) is 1. The zero-order valence-electron chi connectivity index (χ0n) is 14.5. The van der Waals surface area contributed by atoms with E-state index in [-0.39, 0.29) is 24.3 Å². The normalized spacial score (nSPS) is 20.0. The van der Waals surface area contributed by atoms with E-state index in [2.05, 4.69) is 10.1 Å². The average Bonchev–Trinajstić information content (AvgIpc) is 3.03. The van der Waals surface area contributed by atoms with Crippen LogP contribution in [-0.4, -0.2) is 48.2 Å². The highest BCUT2D eigenvalue weighted by molar-refractivity contribution is 5.96. The summed E-state index contributed by atoms with van der Waals surface area (Å²) in [4.78, 5) is 36.8. The molecule has 2 unspecified atom stereocenters. The van der Waals surface area contributed by atoms with Gasteiger partial charge in [-0.2, -0.15) is 0 Å². The number of furan rings is 1. The number of carbonyl (C=O) groups excluding carboxylic acids is 2. The summed E-state index contributed by atoms with van der Waals surface area (Å²) >= 11 is 0. The van der Waals surface area contributed by atoms with Gasteiger partial charge in [0, 0.05) is 24.2 Å². The number of fused-ring (bicyclic) bond motifs is 1. The number of rotatable bonds is 3. The first-order chi connectivity index (χ1) is 12.4. The van der Waals surface area contributed by atoms with Crippen LogP contribution >= 0.6 is 0 Å². The number of nitrogens with zero attached hydrogens (tertiary/aromatic N) is 1. The number of carboxylic acid groups (broad SMARTS) is 1. The van der Waals surface area contributed by atoms with Gasteiger partial charge in [-0.1, -0.05) is 6.92 Å². The first kappa shape index (κ1) is 17.8. The molecule has 1 aromatic carbocycles. The number of amides is 2. The van der Waals surface area contributed by atoms with Gasteiger partial charge in [-0.05, 0) is 36.6 Å². The molecule has 0 spiro atoms. The molecule has 2 atom stereocenters. The highest BCUT2D eigenvalue weighted by atomic mass is 16.5. The van der Waals surface area contributed by atoms with Gasteiger partial charge in [0.25, 0.3) is 0 Å². The monoisotopic (exact) mass is 360 g/mol. The third kappa shape index (κ3) is 3.63. The summed E-state index contributed by atoms with van der Waals surface area (Å²) in [6, 6.07) is 6.19. The zero-order chi connectivity index (χ0) is 18.8. The van der Waals surface area contributed by atoms with Gasteiger partial charge in [0.1, 0.15) is 5.58 Å². The molecule has 0 saturated carbocycles. The van der Waals surface area contributed by atoms with Crippen molar-refractivity contribution in [3.05, 3.63) is 30.0 Å². The second kappa shape index (κ2) is 7.07. The Labute approximate surface area is 149 Å². The Bertz CT molecular complexity index is 858. The van der Waals surface area contributed by atoms with Crippen LogP contribution in [0.1, 0.15) is 23.9 Å². The Morgan fingerprint density at radius 1 is 1.27 bits per heavy atom. The molecule has 0 radical (unpaired) electrons. The number of likely N-dealkylation sites (tertiary alicyclic amines) is 1. The third-order valence-corrected chi connectivity index (χ3v) is 4.45. The van der Waals surface area contributed by atoms with Crippen molar-refractivity contribution in [1.82, 2.24) is 4.90 Å². The Morgan fingerprint density at radius 3 is 2.73 bits per heavy atom. The number of carbonyl (C=O) groups is 3. The third-order valence-electron chi connectivity index (χ3n) is 4.45. The molecule has 8 heteroatoms. The minimum absolute atomic E-state index is 0.0835. The smallest absolute Gasteiger partial charge is 0.373 e. The fourth-order valence-corrected chi connectivity index (χ4v) is 3.22. The maximum atomic E-state index is 12.5. The molecule has 0 aliphatic carbocycles. The maximum absolute atomic E-state index is 12.5. The number of ether oxygens (including phenoxy) is 1. The van der Waals surface area contributed by atoms with Crippen LogP contribution in [0.5, 0.6) is 0 Å². The first-order valence-corrected chi connectivity index (χ1v) is 8.28. The Kier molecular flexibility index (Phi) is 4.83. The van der Waals surface area contributed by atoms with E-state index < -0.39 is 17.9 Å². The van der Waals surface area contributed by atoms with Crippen LogP contribution < -0.4 is 5.32 Å². The molecule has 26 heavy (non-hydrogen) atoms. The number of urea groups is 1. The van der Waals surface area contributed by atoms with E-state index in [9.17, 15) is 19.5 Å². The molecule has 2 N–H and O–H groups in total. The van der Waals surface area contributed by atoms with E-state index in [4.69, 9.17) is 4.42 Å². The highest BCUT2D eigenvalue weighted by Crippen LogP contribution is 2.25. The molecule has 0 bridgehead atoms. The summed E-state index contributed by atoms with van der Waals surface area (Å²) < 4.78 is 10.0. The van der Waals surface area contributed by atoms with Crippen LogP contribution in [0.3, 0.4) is 0 Å². The van der Waals surface area contributed by atoms with E-state index in [0.717, 1.165) is 0 Å². The van der Waals surface area contributed by atoms with Crippen molar-refractivity contribution >= 4 is 34.6 Å². The van der Waals surface area contributed by atoms with E-state index in [1.54, 1.807) is 24.3 Å². The number of hydrogen-bond donors (Lipinski definition) is 2. The van der Waals surface area contributed by atoms with Crippen LogP contribution in [0.25, 0.3) is 11.0 Å². The van der Waals surface area contributed by atoms with Gasteiger partial charge in [-0.25, -0.2) is 9.59 Å². The molecule has 138 valence electrons. The minimum Gasteiger partial charge on any atom is -0.481 e. The van der Waals surface area contributed by atoms with Crippen LogP contribution in [0.4, 0.5) is 10.5 Å². The summed E-state index contributed by atoms with van der Waals surface area (Å²) in [5.74, 6) is -1.81. The fraction of sp³-hybridized carbons (Fsp3) is 0.389. The summed E-state index contributed by atoms with van der Waals surface area (Å²) in [6.07, 6.45) is 0.566. The summed E-state index contributed by atoms with van der Waals surface area (Å²) in [6.45, 7) is 2.63. The molecule has 2 heterocycles. The molecule has 1 aliphatic heterocycles. The number of aliphatic carboxylic acids is 1. The lowest BCUT2D eigenvalue weighted by Gasteiger charge is -2.34. The van der Waals surface area contributed by atoms with Gasteiger partial charge in [0.2, 0.25) is 5.76 Å². The molecular weight excluding hydrogens is 340 g/mol. The van der Waals surface area contributed by atoms with Gasteiger partial charge < -0.3 is 24.5 Å². The first-order valence-electron chi connectivity index (χ1n) is 8.28. The molecular formula is C18H20N2O6. The highest BCUT2D eigenvalue weighted by Gasteiger charge is 2.31. The summed E-state index contributed by atoms with van der Waals surface area (Å²) in [5.41, 5.74) is 1.03. The lowest BCUT2D eigenvalue weighted by Crippen LogP contribution is -2.47. The van der Waals surface area contributed by atoms with Crippen LogP contribution in [0, 0.1) is 11.8 Å². The van der Waals surface area contributed by atoms with Crippen molar-refractivity contribution < 1.29 is 28.6 Å². The SMILES string of the molecule is COC(=O)c1cc2cc(NC(=O)N3CC(C)CC(C(=O)O)C3)ccc2o1. The standard InChI is InChI=1S/C18H20N2O6/c1-10-5-12(16(21)22)9-20(8-10)18(24)19-13-3-4-14-11(6-13)7-15(26-14)17(23)25-2/h3-4,6-7,10,12H,5,8-9H2,1-2H3,(H,19,24)(H,21,22). The molecule has 3 rings (SSSR count). The van der Waals surface area contributed by atoms with Crippen LogP contribution in [-0.2, 0) is 9.53 Å². The number of methoxy groups -OCH3 is 1. The zero-order valence-corrected chi connectivity index (χ0v) is 14.5. The fourth-order valence-electron chi connectivity index (χ4n) is 3.22. The topological polar surface area (TPSA) is 109 Å². The van der Waals surface area contributed by atoms with E-state index in [1.807, 2.05) is 6.92 Å². The predicted octanol–water partition coefficient (Wildman–Crippen LogP) is 2.79. The van der Waals surface area contributed by atoms with Crippen molar-refractivity contribution in [2.24, 2.45) is 11.8 Å². The van der Waals surface area contributed by atoms with Crippen molar-refractivity contribution in [2.45, 2.75) is 13.3 Å². The van der Waals surface area contributed by atoms with Crippen molar-refractivity contribution in [3.8, 4) is 0 Å². The van der Waals surface area contributed by atoms with Gasteiger partial charge >= 0.3 is 18.0 Å². The van der Waals surface area contributed by atoms with Crippen molar-refractivity contribution in [2.75, 3.05) is 25.5 Å². The van der Waals surface area contributed by atoms with Gasteiger partial charge in [-0.3, -0.25) is 4.79 Å². The lowest BCUT2D eigenvalue weighted by molar-refractivity contribution is -0.143. The van der Waals surface area contributed by atoms with Crippen LogP contribution in [0.2, 0.25) is 0 Å². The number of esters is 1. The number of carboxylic acids is 1. The van der Waals surface area contributed by atoms with Crippen molar-refractivity contribution in [1.29, 1.82) is 0 Å². The Balaban J connectivity index is 1.74. The molecule has 1 fully saturated rings. The summed E-state index contributed by atoms with van der Waals surface area (Å²) in [5, 5.41) is 12.6. The Morgan fingerprint density at radius 2 is 2.04 bits per heavy atom. The van der Waals surface area contributed by atoms with E-state index >= 15 is 0 Å². The number of piperidine rings is 1. The maximum Gasteiger partial charge on any atom is 0.373 e. The molecule has 2 aromatic rings. The minimum atomic E-state index is -0.885. The second-order valence-electron chi connectivity index (χ2n) is 6.57. The number of benzene rings is 1. The second-order valence-corrected chi connectivity index (χ2v) is 6.57. The van der Waals surface area contributed by atoms with Gasteiger partial charge in [-0.15, -0.1) is 0 Å². The largest absolute Gasteiger partial charge is 0.481 e. The molecule has 1 saturated heterocycles. The van der Waals surface area contributed by atoms with Gasteiger partial charge in [0.05, 0.1) is 13.0 Å². The van der Waals surface area contributed by atoms with Crippen LogP contribution in [0.15, 0.2) is 28.7 Å². The average molecular weight is 360 g/mol. The van der Waals surface area contributed by atoms with E-state index in [1.165, 1.54) is 12.0 Å². The molecule has 2 amide bonds. The molecule has 8 nitrogen and oxygen atoms in total. The number of anilines is 1. The number of hydrogen-bond acceptors (Lipinski definition) is 5. The van der Waals surface area contributed by atoms with E-state index in [0.29, 0.717) is 29.6 Å². The molecule has 1 aromatic heterocycles. The van der Waals surface area contributed by atoms with Crippen molar-refractivity contribution in [3.63, 3.8) is 0 Å². The molecule has 1 aliphatic rings. The van der Waals surface area contributed by atoms with Gasteiger partial charge in [0.15, 0.2) is 0 Å². The predicted molar refractivity (Wildman–Crippen MR) is 93.1 cm³/mol. The summed E-state index contributed by atoms with van der Waals surface area (Å²) in [7, 11) is 1.27. The lowest BCUT2D eigenvalue weighted by atomic mass is 9.91. The quantitative estimate of drug-likeness (QED) is 0.815. The Hall–Kier alpha value is -3.03.